The van der Waals surface area contributed by atoms with Crippen molar-refractivity contribution in [2.75, 3.05) is 7.11 Å². The topological polar surface area (TPSA) is 26.3 Å². The van der Waals surface area contributed by atoms with E-state index in [2.05, 4.69) is 0 Å². The summed E-state index contributed by atoms with van der Waals surface area (Å²) in [7, 11) is 1.29. The third-order valence-electron chi connectivity index (χ3n) is 2.97. The average molecular weight is 298 g/mol. The molecule has 2 nitrogen and oxygen atoms in total. The maximum atomic E-state index is 14.0. The fraction of sp³-hybridized carbons (Fsp3) is 0.133. The van der Waals surface area contributed by atoms with E-state index in [0.717, 1.165) is 30.3 Å². The Morgan fingerprint density at radius 1 is 1.10 bits per heavy atom. The normalized spacial score (nSPS) is 11.3. The van der Waals surface area contributed by atoms with Crippen molar-refractivity contribution in [1.82, 2.24) is 0 Å². The largest absolute Gasteiger partial charge is 0.496 e. The van der Waals surface area contributed by atoms with Gasteiger partial charge in [0.2, 0.25) is 0 Å². The van der Waals surface area contributed by atoms with Crippen LogP contribution in [0, 0.1) is 5.82 Å². The number of rotatable bonds is 3. The average Bonchev–Trinajstić information content (AvgIpc) is 2.46. The molecule has 2 rings (SSSR count). The summed E-state index contributed by atoms with van der Waals surface area (Å²) < 4.78 is 56.3. The van der Waals surface area contributed by atoms with Crippen molar-refractivity contribution in [3.05, 3.63) is 53.3 Å². The molecule has 0 heterocycles. The minimum absolute atomic E-state index is 0.0339. The van der Waals surface area contributed by atoms with E-state index in [-0.39, 0.29) is 22.4 Å². The summed E-state index contributed by atoms with van der Waals surface area (Å²) in [4.78, 5) is 10.9. The Labute approximate surface area is 118 Å². The van der Waals surface area contributed by atoms with E-state index >= 15 is 0 Å². The van der Waals surface area contributed by atoms with Crippen LogP contribution in [-0.2, 0) is 6.18 Å². The monoisotopic (exact) mass is 298 g/mol. The molecule has 2 aromatic carbocycles. The molecule has 0 fully saturated rings. The van der Waals surface area contributed by atoms with Crippen molar-refractivity contribution >= 4 is 6.29 Å². The lowest BCUT2D eigenvalue weighted by Gasteiger charge is -2.10. The van der Waals surface area contributed by atoms with Gasteiger partial charge < -0.3 is 4.74 Å². The highest BCUT2D eigenvalue weighted by Gasteiger charge is 2.30. The summed E-state index contributed by atoms with van der Waals surface area (Å²) in [5, 5.41) is 0. The van der Waals surface area contributed by atoms with Crippen LogP contribution in [0.4, 0.5) is 17.6 Å². The summed E-state index contributed by atoms with van der Waals surface area (Å²) in [6.07, 6.45) is -3.96. The molecular formula is C15H10F4O2. The molecule has 6 heteroatoms. The molecule has 21 heavy (non-hydrogen) atoms. The molecule has 0 unspecified atom stereocenters. The van der Waals surface area contributed by atoms with Gasteiger partial charge >= 0.3 is 6.18 Å². The first-order valence-corrected chi connectivity index (χ1v) is 5.87. The molecule has 0 spiro atoms. The number of aldehydes is 1. The number of halogens is 4. The number of benzene rings is 2. The number of hydrogen-bond donors (Lipinski definition) is 0. The number of methoxy groups -OCH3 is 1. The maximum Gasteiger partial charge on any atom is 0.416 e. The molecule has 0 N–H and O–H groups in total. The molecule has 0 aliphatic heterocycles. The predicted octanol–water partition coefficient (Wildman–Crippen LogP) is 4.33. The van der Waals surface area contributed by atoms with Crippen LogP contribution >= 0.6 is 0 Å². The lowest BCUT2D eigenvalue weighted by molar-refractivity contribution is -0.137. The van der Waals surface area contributed by atoms with Crippen molar-refractivity contribution in [3.8, 4) is 16.9 Å². The van der Waals surface area contributed by atoms with E-state index in [4.69, 9.17) is 4.74 Å². The first-order chi connectivity index (χ1) is 9.86. The molecule has 0 saturated carbocycles. The quantitative estimate of drug-likeness (QED) is 0.622. The van der Waals surface area contributed by atoms with Crippen LogP contribution in [0.15, 0.2) is 36.4 Å². The molecule has 0 amide bonds. The molecule has 0 saturated heterocycles. The fourth-order valence-corrected chi connectivity index (χ4v) is 1.90. The van der Waals surface area contributed by atoms with Crippen LogP contribution in [0.3, 0.4) is 0 Å². The Hall–Kier alpha value is -2.37. The summed E-state index contributed by atoms with van der Waals surface area (Å²) in [5.41, 5.74) is -0.428. The zero-order valence-electron chi connectivity index (χ0n) is 10.9. The second-order valence-electron chi connectivity index (χ2n) is 4.27. The predicted molar refractivity (Wildman–Crippen MR) is 68.8 cm³/mol. The zero-order valence-corrected chi connectivity index (χ0v) is 10.9. The van der Waals surface area contributed by atoms with Gasteiger partial charge in [-0.2, -0.15) is 13.2 Å². The molecule has 0 atom stereocenters. The van der Waals surface area contributed by atoms with Crippen molar-refractivity contribution in [3.63, 3.8) is 0 Å². The van der Waals surface area contributed by atoms with Crippen LogP contribution in [0.1, 0.15) is 15.9 Å². The van der Waals surface area contributed by atoms with E-state index in [0.29, 0.717) is 6.29 Å². The lowest BCUT2D eigenvalue weighted by atomic mass is 10.0. The molecule has 0 aromatic heterocycles. The zero-order chi connectivity index (χ0) is 15.6. The van der Waals surface area contributed by atoms with Crippen LogP contribution in [0.25, 0.3) is 11.1 Å². The second-order valence-corrected chi connectivity index (χ2v) is 4.27. The van der Waals surface area contributed by atoms with Crippen molar-refractivity contribution in [1.29, 1.82) is 0 Å². The number of carbonyl (C=O) groups is 1. The number of hydrogen-bond acceptors (Lipinski definition) is 2. The molecule has 0 bridgehead atoms. The summed E-state index contributed by atoms with van der Waals surface area (Å²) in [5.74, 6) is -0.615. The standard InChI is InChI=1S/C15H10F4O2/c1-21-14-7-13(16)12(6-10(14)8-20)9-2-4-11(5-3-9)15(17,18)19/h2-8H,1H3. The summed E-state index contributed by atoms with van der Waals surface area (Å²) >= 11 is 0. The van der Waals surface area contributed by atoms with Gasteiger partial charge in [0.15, 0.2) is 6.29 Å². The third kappa shape index (κ3) is 3.04. The third-order valence-corrected chi connectivity index (χ3v) is 2.97. The summed E-state index contributed by atoms with van der Waals surface area (Å²) in [6, 6.07) is 6.30. The smallest absolute Gasteiger partial charge is 0.416 e. The van der Waals surface area contributed by atoms with Gasteiger partial charge in [0.05, 0.1) is 18.2 Å². The van der Waals surface area contributed by atoms with Gasteiger partial charge in [-0.1, -0.05) is 12.1 Å². The Morgan fingerprint density at radius 2 is 1.71 bits per heavy atom. The van der Waals surface area contributed by atoms with Crippen LogP contribution in [-0.4, -0.2) is 13.4 Å². The second kappa shape index (κ2) is 5.55. The van der Waals surface area contributed by atoms with Gasteiger partial charge in [-0.15, -0.1) is 0 Å². The Balaban J connectivity index is 2.49. The minimum Gasteiger partial charge on any atom is -0.496 e. The van der Waals surface area contributed by atoms with E-state index in [1.165, 1.54) is 13.2 Å². The number of alkyl halides is 3. The first-order valence-electron chi connectivity index (χ1n) is 5.87. The maximum absolute atomic E-state index is 14.0. The fourth-order valence-electron chi connectivity index (χ4n) is 1.90. The first kappa shape index (κ1) is 15.0. The minimum atomic E-state index is -4.45. The van der Waals surface area contributed by atoms with Crippen LogP contribution in [0.5, 0.6) is 5.75 Å². The Bertz CT molecular complexity index is 661. The number of carbonyl (C=O) groups excluding carboxylic acids is 1. The molecule has 2 aromatic rings. The van der Waals surface area contributed by atoms with Crippen LogP contribution in [0.2, 0.25) is 0 Å². The molecule has 110 valence electrons. The van der Waals surface area contributed by atoms with E-state index in [1.54, 1.807) is 0 Å². The van der Waals surface area contributed by atoms with E-state index in [1.807, 2.05) is 0 Å². The lowest BCUT2D eigenvalue weighted by Crippen LogP contribution is -2.04. The van der Waals surface area contributed by atoms with Gasteiger partial charge in [0.25, 0.3) is 0 Å². The van der Waals surface area contributed by atoms with Crippen molar-refractivity contribution in [2.24, 2.45) is 0 Å². The highest BCUT2D eigenvalue weighted by molar-refractivity contribution is 5.83. The van der Waals surface area contributed by atoms with E-state index < -0.39 is 17.6 Å². The van der Waals surface area contributed by atoms with Gasteiger partial charge in [0.1, 0.15) is 11.6 Å². The molecule has 0 aliphatic carbocycles. The van der Waals surface area contributed by atoms with Gasteiger partial charge in [0, 0.05) is 11.6 Å². The summed E-state index contributed by atoms with van der Waals surface area (Å²) in [6.45, 7) is 0. The SMILES string of the molecule is COc1cc(F)c(-c2ccc(C(F)(F)F)cc2)cc1C=O. The van der Waals surface area contributed by atoms with Crippen LogP contribution < -0.4 is 4.74 Å². The molecule has 0 aliphatic rings. The van der Waals surface area contributed by atoms with Crippen molar-refractivity contribution in [2.45, 2.75) is 6.18 Å². The highest BCUT2D eigenvalue weighted by Crippen LogP contribution is 2.33. The van der Waals surface area contributed by atoms with Gasteiger partial charge in [-0.25, -0.2) is 4.39 Å². The Morgan fingerprint density at radius 3 is 2.19 bits per heavy atom. The van der Waals surface area contributed by atoms with Gasteiger partial charge in [-0.3, -0.25) is 4.79 Å². The van der Waals surface area contributed by atoms with E-state index in [9.17, 15) is 22.4 Å². The molecule has 0 radical (unpaired) electrons. The highest BCUT2D eigenvalue weighted by atomic mass is 19.4. The number of ether oxygens (including phenoxy) is 1. The molecular weight excluding hydrogens is 288 g/mol. The van der Waals surface area contributed by atoms with Crippen molar-refractivity contribution < 1.29 is 27.1 Å². The Kier molecular flexibility index (Phi) is 3.97. The van der Waals surface area contributed by atoms with Gasteiger partial charge in [-0.05, 0) is 23.8 Å².